The Morgan fingerprint density at radius 1 is 1.38 bits per heavy atom. The third-order valence-corrected chi connectivity index (χ3v) is 3.86. The molecule has 5 heteroatoms. The van der Waals surface area contributed by atoms with Gasteiger partial charge in [-0.15, -0.1) is 23.7 Å². The SMILES string of the molecule is CC1CN(Cc2ccc(Cl)s2)CC(C)N1.Cl. The molecule has 2 rings (SSSR count). The van der Waals surface area contributed by atoms with Crippen LogP contribution in [0.5, 0.6) is 0 Å². The minimum absolute atomic E-state index is 0. The van der Waals surface area contributed by atoms with Crippen LogP contribution in [0, 0.1) is 0 Å². The molecule has 1 saturated heterocycles. The van der Waals surface area contributed by atoms with Gasteiger partial charge in [0.1, 0.15) is 0 Å². The maximum Gasteiger partial charge on any atom is 0.0931 e. The number of nitrogens with zero attached hydrogens (tertiary/aromatic N) is 1. The lowest BCUT2D eigenvalue weighted by Gasteiger charge is -2.35. The van der Waals surface area contributed by atoms with Crippen LogP contribution in [0.15, 0.2) is 12.1 Å². The van der Waals surface area contributed by atoms with Crippen molar-refractivity contribution in [3.8, 4) is 0 Å². The molecule has 92 valence electrons. The number of rotatable bonds is 2. The first-order chi connectivity index (χ1) is 7.13. The number of hydrogen-bond acceptors (Lipinski definition) is 3. The zero-order chi connectivity index (χ0) is 10.8. The third-order valence-electron chi connectivity index (χ3n) is 2.64. The van der Waals surface area contributed by atoms with Crippen molar-refractivity contribution in [3.63, 3.8) is 0 Å². The third kappa shape index (κ3) is 3.90. The van der Waals surface area contributed by atoms with Gasteiger partial charge in [-0.3, -0.25) is 4.90 Å². The van der Waals surface area contributed by atoms with E-state index in [1.165, 1.54) is 4.88 Å². The van der Waals surface area contributed by atoms with Crippen molar-refractivity contribution in [1.29, 1.82) is 0 Å². The van der Waals surface area contributed by atoms with Gasteiger partial charge in [0, 0.05) is 36.6 Å². The average Bonchev–Trinajstić information content (AvgIpc) is 2.49. The highest BCUT2D eigenvalue weighted by molar-refractivity contribution is 7.16. The molecule has 1 aliphatic heterocycles. The van der Waals surface area contributed by atoms with E-state index in [0.29, 0.717) is 12.1 Å². The second-order valence-electron chi connectivity index (χ2n) is 4.37. The fourth-order valence-electron chi connectivity index (χ4n) is 2.23. The molecule has 0 radical (unpaired) electrons. The zero-order valence-corrected chi connectivity index (χ0v) is 12.0. The van der Waals surface area contributed by atoms with Gasteiger partial charge in [-0.25, -0.2) is 0 Å². The van der Waals surface area contributed by atoms with Crippen LogP contribution in [0.1, 0.15) is 18.7 Å². The smallest absolute Gasteiger partial charge is 0.0931 e. The predicted molar refractivity (Wildman–Crippen MR) is 73.9 cm³/mol. The molecule has 16 heavy (non-hydrogen) atoms. The number of thiophene rings is 1. The van der Waals surface area contributed by atoms with Gasteiger partial charge >= 0.3 is 0 Å². The van der Waals surface area contributed by atoms with Crippen LogP contribution < -0.4 is 5.32 Å². The molecule has 2 heterocycles. The Balaban J connectivity index is 0.00000128. The fraction of sp³-hybridized carbons (Fsp3) is 0.636. The predicted octanol–water partition coefficient (Wildman–Crippen LogP) is 3.01. The van der Waals surface area contributed by atoms with E-state index in [9.17, 15) is 0 Å². The quantitative estimate of drug-likeness (QED) is 0.896. The first-order valence-electron chi connectivity index (χ1n) is 5.36. The molecule has 2 nitrogen and oxygen atoms in total. The molecule has 0 saturated carbocycles. The molecule has 1 aromatic rings. The van der Waals surface area contributed by atoms with Crippen molar-refractivity contribution in [2.45, 2.75) is 32.5 Å². The second-order valence-corrected chi connectivity index (χ2v) is 6.17. The summed E-state index contributed by atoms with van der Waals surface area (Å²) < 4.78 is 0.890. The number of piperazine rings is 1. The van der Waals surface area contributed by atoms with Gasteiger partial charge in [0.05, 0.1) is 4.34 Å². The normalized spacial score (nSPS) is 26.4. The summed E-state index contributed by atoms with van der Waals surface area (Å²) in [6.45, 7) is 7.77. The molecular formula is C11H18Cl2N2S. The van der Waals surface area contributed by atoms with Crippen LogP contribution in [-0.2, 0) is 6.54 Å². The summed E-state index contributed by atoms with van der Waals surface area (Å²) in [4.78, 5) is 3.86. The highest BCUT2D eigenvalue weighted by Gasteiger charge is 2.20. The Labute approximate surface area is 112 Å². The highest BCUT2D eigenvalue weighted by atomic mass is 35.5. The molecule has 1 fully saturated rings. The van der Waals surface area contributed by atoms with Crippen molar-refractivity contribution < 1.29 is 0 Å². The summed E-state index contributed by atoms with van der Waals surface area (Å²) in [6, 6.07) is 5.29. The Morgan fingerprint density at radius 2 is 2.00 bits per heavy atom. The summed E-state index contributed by atoms with van der Waals surface area (Å²) in [5.74, 6) is 0. The van der Waals surface area contributed by atoms with E-state index < -0.39 is 0 Å². The summed E-state index contributed by atoms with van der Waals surface area (Å²) in [6.07, 6.45) is 0. The van der Waals surface area contributed by atoms with Crippen molar-refractivity contribution in [2.75, 3.05) is 13.1 Å². The molecule has 0 spiro atoms. The van der Waals surface area contributed by atoms with Crippen molar-refractivity contribution >= 4 is 35.3 Å². The lowest BCUT2D eigenvalue weighted by Crippen LogP contribution is -2.53. The van der Waals surface area contributed by atoms with Gasteiger partial charge < -0.3 is 5.32 Å². The zero-order valence-electron chi connectivity index (χ0n) is 9.57. The molecule has 0 amide bonds. The Bertz CT molecular complexity index is 320. The van der Waals surface area contributed by atoms with E-state index in [-0.39, 0.29) is 12.4 Å². The minimum Gasteiger partial charge on any atom is -0.309 e. The standard InChI is InChI=1S/C11H17ClN2S.ClH/c1-8-5-14(6-9(2)13-8)7-10-3-4-11(12)15-10;/h3-4,8-9,13H,5-7H2,1-2H3;1H. The molecule has 1 N–H and O–H groups in total. The fourth-order valence-corrected chi connectivity index (χ4v) is 3.36. The first-order valence-corrected chi connectivity index (χ1v) is 6.55. The van der Waals surface area contributed by atoms with Crippen LogP contribution in [0.4, 0.5) is 0 Å². The van der Waals surface area contributed by atoms with Crippen molar-refractivity contribution in [2.24, 2.45) is 0 Å². The molecule has 1 aromatic heterocycles. The lowest BCUT2D eigenvalue weighted by molar-refractivity contribution is 0.168. The topological polar surface area (TPSA) is 15.3 Å². The molecule has 0 aliphatic carbocycles. The highest BCUT2D eigenvalue weighted by Crippen LogP contribution is 2.23. The lowest BCUT2D eigenvalue weighted by atomic mass is 10.1. The Kier molecular flexibility index (Phi) is 5.54. The van der Waals surface area contributed by atoms with E-state index in [4.69, 9.17) is 11.6 Å². The molecule has 1 aliphatic rings. The molecule has 0 bridgehead atoms. The van der Waals surface area contributed by atoms with Crippen molar-refractivity contribution in [1.82, 2.24) is 10.2 Å². The maximum atomic E-state index is 5.92. The van der Waals surface area contributed by atoms with E-state index >= 15 is 0 Å². The van der Waals surface area contributed by atoms with Gasteiger partial charge in [0.2, 0.25) is 0 Å². The molecular weight excluding hydrogens is 263 g/mol. The summed E-state index contributed by atoms with van der Waals surface area (Å²) in [7, 11) is 0. The van der Waals surface area contributed by atoms with E-state index in [1.54, 1.807) is 11.3 Å². The van der Waals surface area contributed by atoms with Gasteiger partial charge in [-0.05, 0) is 26.0 Å². The first kappa shape index (κ1) is 14.3. The average molecular weight is 281 g/mol. The Hall–Kier alpha value is 0.200. The van der Waals surface area contributed by atoms with Gasteiger partial charge in [0.25, 0.3) is 0 Å². The summed E-state index contributed by atoms with van der Waals surface area (Å²) in [5.41, 5.74) is 0. The Morgan fingerprint density at radius 3 is 2.50 bits per heavy atom. The maximum absolute atomic E-state index is 5.92. The van der Waals surface area contributed by atoms with Gasteiger partial charge in [0.15, 0.2) is 0 Å². The molecule has 0 aromatic carbocycles. The molecule has 2 atom stereocenters. The summed E-state index contributed by atoms with van der Waals surface area (Å²) >= 11 is 7.61. The van der Waals surface area contributed by atoms with Crippen LogP contribution in [-0.4, -0.2) is 30.1 Å². The number of nitrogens with one attached hydrogen (secondary N) is 1. The van der Waals surface area contributed by atoms with Crippen LogP contribution >= 0.6 is 35.3 Å². The monoisotopic (exact) mass is 280 g/mol. The minimum atomic E-state index is 0. The second kappa shape index (κ2) is 6.22. The van der Waals surface area contributed by atoms with Crippen LogP contribution in [0.3, 0.4) is 0 Å². The number of halogens is 2. The van der Waals surface area contributed by atoms with E-state index in [0.717, 1.165) is 24.0 Å². The van der Waals surface area contributed by atoms with Crippen molar-refractivity contribution in [3.05, 3.63) is 21.3 Å². The van der Waals surface area contributed by atoms with Crippen LogP contribution in [0.2, 0.25) is 4.34 Å². The largest absolute Gasteiger partial charge is 0.309 e. The van der Waals surface area contributed by atoms with Crippen LogP contribution in [0.25, 0.3) is 0 Å². The number of hydrogen-bond donors (Lipinski definition) is 1. The van der Waals surface area contributed by atoms with Gasteiger partial charge in [-0.1, -0.05) is 11.6 Å². The summed E-state index contributed by atoms with van der Waals surface area (Å²) in [5, 5.41) is 3.54. The van der Waals surface area contributed by atoms with E-state index in [1.807, 2.05) is 6.07 Å². The van der Waals surface area contributed by atoms with Gasteiger partial charge in [-0.2, -0.15) is 0 Å². The molecule has 2 unspecified atom stereocenters. The van der Waals surface area contributed by atoms with E-state index in [2.05, 4.69) is 30.1 Å².